The normalized spacial score (nSPS) is 10.5. The first-order valence-electron chi connectivity index (χ1n) is 7.16. The van der Waals surface area contributed by atoms with Crippen LogP contribution in [0.1, 0.15) is 28.0 Å². The number of hydrogen-bond acceptors (Lipinski definition) is 1. The summed E-state index contributed by atoms with van der Waals surface area (Å²) in [5, 5.41) is 0. The third-order valence-electron chi connectivity index (χ3n) is 3.66. The lowest BCUT2D eigenvalue weighted by atomic mass is 9.97. The van der Waals surface area contributed by atoms with E-state index in [1.54, 1.807) is 6.08 Å². The Labute approximate surface area is 125 Å². The molecule has 0 fully saturated rings. The molecule has 21 heavy (non-hydrogen) atoms. The Hall–Kier alpha value is -2.54. The molecule has 1 nitrogen and oxygen atoms in total. The molecule has 3 rings (SSSR count). The monoisotopic (exact) mass is 274 g/mol. The molecule has 0 aliphatic heterocycles. The van der Waals surface area contributed by atoms with Gasteiger partial charge in [0.05, 0.1) is 6.26 Å². The highest BCUT2D eigenvalue weighted by molar-refractivity contribution is 5.51. The molecule has 0 aliphatic carbocycles. The van der Waals surface area contributed by atoms with E-state index in [0.29, 0.717) is 0 Å². The van der Waals surface area contributed by atoms with Gasteiger partial charge in [0.15, 0.2) is 0 Å². The van der Waals surface area contributed by atoms with Crippen molar-refractivity contribution in [3.8, 4) is 0 Å². The summed E-state index contributed by atoms with van der Waals surface area (Å²) in [6, 6.07) is 20.9. The fraction of sp³-hybridized carbons (Fsp3) is 0.100. The Morgan fingerprint density at radius 1 is 0.810 bits per heavy atom. The van der Waals surface area contributed by atoms with Crippen molar-refractivity contribution in [3.05, 3.63) is 102 Å². The highest BCUT2D eigenvalue weighted by atomic mass is 16.3. The van der Waals surface area contributed by atoms with E-state index in [0.717, 1.165) is 18.6 Å². The van der Waals surface area contributed by atoms with Gasteiger partial charge in [0.1, 0.15) is 5.76 Å². The maximum absolute atomic E-state index is 5.67. The van der Waals surface area contributed by atoms with E-state index < -0.39 is 0 Å². The first-order chi connectivity index (χ1) is 10.4. The summed E-state index contributed by atoms with van der Waals surface area (Å²) in [4.78, 5) is 0. The van der Waals surface area contributed by atoms with E-state index in [-0.39, 0.29) is 0 Å². The van der Waals surface area contributed by atoms with Crippen LogP contribution in [0.15, 0.2) is 77.9 Å². The van der Waals surface area contributed by atoms with Gasteiger partial charge in [0, 0.05) is 18.4 Å². The van der Waals surface area contributed by atoms with Gasteiger partial charge in [0.2, 0.25) is 0 Å². The molecule has 3 aromatic rings. The lowest BCUT2D eigenvalue weighted by Gasteiger charge is -2.05. The molecule has 1 heteroatoms. The van der Waals surface area contributed by atoms with Gasteiger partial charge in [-0.1, -0.05) is 67.2 Å². The van der Waals surface area contributed by atoms with Crippen molar-refractivity contribution in [2.45, 2.75) is 12.8 Å². The summed E-state index contributed by atoms with van der Waals surface area (Å²) in [5.74, 6) is 0.879. The summed E-state index contributed by atoms with van der Waals surface area (Å²) in [6.07, 6.45) is 5.43. The molecule has 0 amide bonds. The largest absolute Gasteiger partial charge is 0.464 e. The maximum atomic E-state index is 5.67. The van der Waals surface area contributed by atoms with Gasteiger partial charge in [-0.25, -0.2) is 0 Å². The summed E-state index contributed by atoms with van der Waals surface area (Å²) < 4.78 is 5.67. The molecule has 0 atom stereocenters. The number of rotatable bonds is 5. The second-order valence-electron chi connectivity index (χ2n) is 5.13. The Kier molecular flexibility index (Phi) is 4.02. The number of furan rings is 1. The molecule has 2 aromatic carbocycles. The van der Waals surface area contributed by atoms with E-state index in [2.05, 4.69) is 55.1 Å². The van der Waals surface area contributed by atoms with Crippen LogP contribution in [0.3, 0.4) is 0 Å². The number of benzene rings is 2. The van der Waals surface area contributed by atoms with E-state index in [1.807, 2.05) is 18.4 Å². The number of hydrogen-bond donors (Lipinski definition) is 0. The Balaban J connectivity index is 1.91. The predicted molar refractivity (Wildman–Crippen MR) is 87.3 cm³/mol. The zero-order valence-electron chi connectivity index (χ0n) is 12.0. The average Bonchev–Trinajstić information content (AvgIpc) is 2.91. The molecule has 0 unspecified atom stereocenters. The van der Waals surface area contributed by atoms with Gasteiger partial charge in [-0.2, -0.15) is 0 Å². The van der Waals surface area contributed by atoms with Crippen molar-refractivity contribution in [1.82, 2.24) is 0 Å². The molecule has 0 bridgehead atoms. The minimum absolute atomic E-state index is 0.876. The van der Waals surface area contributed by atoms with E-state index in [9.17, 15) is 0 Å². The van der Waals surface area contributed by atoms with Crippen LogP contribution < -0.4 is 0 Å². The predicted octanol–water partition coefficient (Wildman–Crippen LogP) is 5.10. The zero-order chi connectivity index (χ0) is 14.5. The van der Waals surface area contributed by atoms with Gasteiger partial charge >= 0.3 is 0 Å². The quantitative estimate of drug-likeness (QED) is 0.630. The van der Waals surface area contributed by atoms with Crippen LogP contribution in [0.4, 0.5) is 0 Å². The third kappa shape index (κ3) is 3.14. The summed E-state index contributed by atoms with van der Waals surface area (Å²) in [6.45, 7) is 3.86. The molecule has 0 N–H and O–H groups in total. The van der Waals surface area contributed by atoms with E-state index >= 15 is 0 Å². The minimum Gasteiger partial charge on any atom is -0.464 e. The second kappa shape index (κ2) is 6.27. The van der Waals surface area contributed by atoms with Gasteiger partial charge in [0.25, 0.3) is 0 Å². The molecule has 0 spiro atoms. The van der Waals surface area contributed by atoms with Crippen molar-refractivity contribution in [2.75, 3.05) is 0 Å². The fourth-order valence-electron chi connectivity index (χ4n) is 2.57. The van der Waals surface area contributed by atoms with Gasteiger partial charge < -0.3 is 4.42 Å². The average molecular weight is 274 g/mol. The summed E-state index contributed by atoms with van der Waals surface area (Å²) in [7, 11) is 0. The Bertz CT molecular complexity index is 708. The van der Waals surface area contributed by atoms with Crippen LogP contribution in [-0.2, 0) is 12.8 Å². The van der Waals surface area contributed by atoms with Crippen LogP contribution in [0.2, 0.25) is 0 Å². The third-order valence-corrected chi connectivity index (χ3v) is 3.66. The SMILES string of the molecule is C=Cc1occ(Cc2ccccc2)c1Cc1ccccc1. The van der Waals surface area contributed by atoms with E-state index in [4.69, 9.17) is 4.42 Å². The fourth-order valence-corrected chi connectivity index (χ4v) is 2.57. The van der Waals surface area contributed by atoms with Gasteiger partial charge in [-0.15, -0.1) is 0 Å². The van der Waals surface area contributed by atoms with Crippen LogP contribution in [0.5, 0.6) is 0 Å². The highest BCUT2D eigenvalue weighted by Crippen LogP contribution is 2.24. The van der Waals surface area contributed by atoms with Crippen molar-refractivity contribution in [3.63, 3.8) is 0 Å². The highest BCUT2D eigenvalue weighted by Gasteiger charge is 2.12. The van der Waals surface area contributed by atoms with Crippen LogP contribution >= 0.6 is 0 Å². The molecule has 0 aliphatic rings. The van der Waals surface area contributed by atoms with Gasteiger partial charge in [-0.05, 0) is 22.8 Å². The Morgan fingerprint density at radius 2 is 1.38 bits per heavy atom. The van der Waals surface area contributed by atoms with Gasteiger partial charge in [-0.3, -0.25) is 0 Å². The molecule has 0 saturated carbocycles. The molecule has 1 heterocycles. The second-order valence-corrected chi connectivity index (χ2v) is 5.13. The molecule has 0 saturated heterocycles. The summed E-state index contributed by atoms with van der Waals surface area (Å²) >= 11 is 0. The van der Waals surface area contributed by atoms with E-state index in [1.165, 1.54) is 22.3 Å². The first-order valence-corrected chi connectivity index (χ1v) is 7.16. The molecular weight excluding hydrogens is 256 g/mol. The van der Waals surface area contributed by atoms with Crippen molar-refractivity contribution in [2.24, 2.45) is 0 Å². The van der Waals surface area contributed by atoms with Crippen LogP contribution in [0.25, 0.3) is 6.08 Å². The lowest BCUT2D eigenvalue weighted by molar-refractivity contribution is 0.552. The van der Waals surface area contributed by atoms with Crippen molar-refractivity contribution in [1.29, 1.82) is 0 Å². The zero-order valence-corrected chi connectivity index (χ0v) is 12.0. The lowest BCUT2D eigenvalue weighted by Crippen LogP contribution is -1.95. The Morgan fingerprint density at radius 3 is 1.95 bits per heavy atom. The maximum Gasteiger partial charge on any atom is 0.129 e. The summed E-state index contributed by atoms with van der Waals surface area (Å²) in [5.41, 5.74) is 5.06. The van der Waals surface area contributed by atoms with Crippen molar-refractivity contribution < 1.29 is 4.42 Å². The standard InChI is InChI=1S/C20H18O/c1-2-20-19(14-17-11-7-4-8-12-17)18(15-21-20)13-16-9-5-3-6-10-16/h2-12,15H,1,13-14H2. The molecule has 104 valence electrons. The van der Waals surface area contributed by atoms with Crippen LogP contribution in [0, 0.1) is 0 Å². The van der Waals surface area contributed by atoms with Crippen molar-refractivity contribution >= 4 is 6.08 Å². The smallest absolute Gasteiger partial charge is 0.129 e. The topological polar surface area (TPSA) is 13.1 Å². The molecule has 0 radical (unpaired) electrons. The minimum atomic E-state index is 0.876. The molecule has 1 aromatic heterocycles. The molecular formula is C20H18O. The van der Waals surface area contributed by atoms with Crippen LogP contribution in [-0.4, -0.2) is 0 Å². The first kappa shape index (κ1) is 13.4.